The molecule has 1 saturated heterocycles. The minimum atomic E-state index is 0.118. The van der Waals surface area contributed by atoms with E-state index in [1.165, 1.54) is 0 Å². The third-order valence-corrected chi connectivity index (χ3v) is 4.12. The highest BCUT2D eigenvalue weighted by atomic mass is 16.5. The van der Waals surface area contributed by atoms with Crippen LogP contribution in [0.5, 0.6) is 5.75 Å². The summed E-state index contributed by atoms with van der Waals surface area (Å²) in [6.45, 7) is 2.40. The van der Waals surface area contributed by atoms with Gasteiger partial charge in [0.05, 0.1) is 0 Å². The maximum absolute atomic E-state index is 11.6. The molecule has 132 valence electrons. The first-order valence-electron chi connectivity index (χ1n) is 8.47. The zero-order chi connectivity index (χ0) is 17.4. The van der Waals surface area contributed by atoms with E-state index in [0.29, 0.717) is 13.0 Å². The van der Waals surface area contributed by atoms with Crippen molar-refractivity contribution in [3.8, 4) is 5.75 Å². The Bertz CT molecular complexity index is 537. The highest BCUT2D eigenvalue weighted by Crippen LogP contribution is 2.18. The summed E-state index contributed by atoms with van der Waals surface area (Å²) in [5.41, 5.74) is 0. The Balaban J connectivity index is 1.74. The molecule has 1 fully saturated rings. The van der Waals surface area contributed by atoms with Crippen LogP contribution in [0, 0.1) is 0 Å². The maximum atomic E-state index is 11.6. The highest BCUT2D eigenvalue weighted by molar-refractivity contribution is 5.81. The van der Waals surface area contributed by atoms with Gasteiger partial charge in [-0.3, -0.25) is 9.79 Å². The van der Waals surface area contributed by atoms with E-state index >= 15 is 0 Å². The summed E-state index contributed by atoms with van der Waals surface area (Å²) >= 11 is 0. The van der Waals surface area contributed by atoms with Crippen molar-refractivity contribution in [1.82, 2.24) is 15.1 Å². The number of benzene rings is 1. The molecule has 0 aliphatic carbocycles. The van der Waals surface area contributed by atoms with Gasteiger partial charge in [-0.1, -0.05) is 18.2 Å². The zero-order valence-electron chi connectivity index (χ0n) is 14.9. The van der Waals surface area contributed by atoms with Crippen LogP contribution in [0.2, 0.25) is 0 Å². The van der Waals surface area contributed by atoms with Crippen LogP contribution in [-0.4, -0.2) is 68.5 Å². The summed E-state index contributed by atoms with van der Waals surface area (Å²) in [5.74, 6) is 1.91. The van der Waals surface area contributed by atoms with Crippen molar-refractivity contribution in [2.24, 2.45) is 4.99 Å². The number of piperidine rings is 1. The third-order valence-electron chi connectivity index (χ3n) is 4.12. The molecule has 0 atom stereocenters. The van der Waals surface area contributed by atoms with Crippen LogP contribution in [-0.2, 0) is 4.79 Å². The molecule has 1 heterocycles. The zero-order valence-corrected chi connectivity index (χ0v) is 14.9. The smallest absolute Gasteiger partial charge is 0.223 e. The monoisotopic (exact) mass is 332 g/mol. The first-order chi connectivity index (χ1) is 11.6. The summed E-state index contributed by atoms with van der Waals surface area (Å²) in [5, 5.41) is 3.28. The Morgan fingerprint density at radius 1 is 1.29 bits per heavy atom. The quantitative estimate of drug-likeness (QED) is 0.657. The SMILES string of the molecule is CN=C(NCCC(=O)N(C)C)N1CCC(Oc2ccccc2)CC1. The van der Waals surface area contributed by atoms with Gasteiger partial charge in [0.2, 0.25) is 5.91 Å². The largest absolute Gasteiger partial charge is 0.490 e. The molecule has 0 radical (unpaired) electrons. The van der Waals surface area contributed by atoms with E-state index in [1.54, 1.807) is 26.0 Å². The number of hydrogen-bond acceptors (Lipinski definition) is 3. The van der Waals surface area contributed by atoms with E-state index in [0.717, 1.165) is 37.6 Å². The van der Waals surface area contributed by atoms with Crippen molar-refractivity contribution in [2.75, 3.05) is 40.8 Å². The van der Waals surface area contributed by atoms with Crippen molar-refractivity contribution in [2.45, 2.75) is 25.4 Å². The molecular formula is C18H28N4O2. The summed E-state index contributed by atoms with van der Waals surface area (Å²) < 4.78 is 6.02. The molecular weight excluding hydrogens is 304 g/mol. The lowest BCUT2D eigenvalue weighted by Crippen LogP contribution is -2.48. The normalized spacial score (nSPS) is 16.0. The van der Waals surface area contributed by atoms with Crippen LogP contribution in [0.4, 0.5) is 0 Å². The van der Waals surface area contributed by atoms with Crippen molar-refractivity contribution < 1.29 is 9.53 Å². The van der Waals surface area contributed by atoms with Crippen molar-refractivity contribution >= 4 is 11.9 Å². The van der Waals surface area contributed by atoms with Gasteiger partial charge in [0, 0.05) is 60.0 Å². The summed E-state index contributed by atoms with van der Waals surface area (Å²) in [7, 11) is 5.33. The van der Waals surface area contributed by atoms with Crippen LogP contribution in [0.3, 0.4) is 0 Å². The van der Waals surface area contributed by atoms with Gasteiger partial charge in [-0.25, -0.2) is 0 Å². The van der Waals surface area contributed by atoms with E-state index in [9.17, 15) is 4.79 Å². The topological polar surface area (TPSA) is 57.2 Å². The predicted molar refractivity (Wildman–Crippen MR) is 96.3 cm³/mol. The standard InChI is InChI=1S/C18H28N4O2/c1-19-18(20-12-9-17(23)21(2)3)22-13-10-16(11-14-22)24-15-7-5-4-6-8-15/h4-8,16H,9-14H2,1-3H3,(H,19,20). The lowest BCUT2D eigenvalue weighted by atomic mass is 10.1. The Labute approximate surface area is 144 Å². The van der Waals surface area contributed by atoms with E-state index in [-0.39, 0.29) is 12.0 Å². The number of amides is 1. The Morgan fingerprint density at radius 3 is 2.54 bits per heavy atom. The minimum Gasteiger partial charge on any atom is -0.490 e. The molecule has 0 unspecified atom stereocenters. The number of carbonyl (C=O) groups is 1. The van der Waals surface area contributed by atoms with Crippen LogP contribution < -0.4 is 10.1 Å². The lowest BCUT2D eigenvalue weighted by molar-refractivity contribution is -0.128. The summed E-state index contributed by atoms with van der Waals surface area (Å²) in [6.07, 6.45) is 2.65. The average Bonchev–Trinajstić information content (AvgIpc) is 2.60. The van der Waals surface area contributed by atoms with Gasteiger partial charge in [-0.2, -0.15) is 0 Å². The second-order valence-electron chi connectivity index (χ2n) is 6.13. The molecule has 0 aromatic heterocycles. The van der Waals surface area contributed by atoms with Gasteiger partial charge < -0.3 is 19.9 Å². The molecule has 2 rings (SSSR count). The van der Waals surface area contributed by atoms with E-state index in [1.807, 2.05) is 30.3 Å². The number of nitrogens with one attached hydrogen (secondary N) is 1. The van der Waals surface area contributed by atoms with Gasteiger partial charge in [0.1, 0.15) is 11.9 Å². The van der Waals surface area contributed by atoms with E-state index < -0.39 is 0 Å². The van der Waals surface area contributed by atoms with Crippen molar-refractivity contribution in [3.05, 3.63) is 30.3 Å². The number of rotatable bonds is 5. The van der Waals surface area contributed by atoms with Gasteiger partial charge >= 0.3 is 0 Å². The predicted octanol–water partition coefficient (Wildman–Crippen LogP) is 1.58. The minimum absolute atomic E-state index is 0.118. The van der Waals surface area contributed by atoms with Crippen LogP contribution in [0.15, 0.2) is 35.3 Å². The van der Waals surface area contributed by atoms with Gasteiger partial charge in [-0.05, 0) is 12.1 Å². The molecule has 1 amide bonds. The number of ether oxygens (including phenoxy) is 1. The number of hydrogen-bond donors (Lipinski definition) is 1. The molecule has 6 nitrogen and oxygen atoms in total. The van der Waals surface area contributed by atoms with E-state index in [4.69, 9.17) is 4.74 Å². The van der Waals surface area contributed by atoms with Crippen LogP contribution >= 0.6 is 0 Å². The number of guanidine groups is 1. The second kappa shape index (κ2) is 9.15. The molecule has 0 spiro atoms. The molecule has 0 bridgehead atoms. The molecule has 6 heteroatoms. The maximum Gasteiger partial charge on any atom is 0.223 e. The van der Waals surface area contributed by atoms with E-state index in [2.05, 4.69) is 15.2 Å². The second-order valence-corrected chi connectivity index (χ2v) is 6.13. The molecule has 0 saturated carbocycles. The summed E-state index contributed by atoms with van der Waals surface area (Å²) in [6, 6.07) is 9.96. The Morgan fingerprint density at radius 2 is 1.96 bits per heavy atom. The first kappa shape index (κ1) is 18.1. The summed E-state index contributed by atoms with van der Waals surface area (Å²) in [4.78, 5) is 19.8. The van der Waals surface area contributed by atoms with Gasteiger partial charge in [-0.15, -0.1) is 0 Å². The van der Waals surface area contributed by atoms with Crippen LogP contribution in [0.25, 0.3) is 0 Å². The highest BCUT2D eigenvalue weighted by Gasteiger charge is 2.22. The number of para-hydroxylation sites is 1. The third kappa shape index (κ3) is 5.44. The first-order valence-corrected chi connectivity index (χ1v) is 8.47. The molecule has 24 heavy (non-hydrogen) atoms. The number of aliphatic imine (C=N–C) groups is 1. The fourth-order valence-corrected chi connectivity index (χ4v) is 2.71. The van der Waals surface area contributed by atoms with Gasteiger partial charge in [0.25, 0.3) is 0 Å². The average molecular weight is 332 g/mol. The molecule has 1 N–H and O–H groups in total. The van der Waals surface area contributed by atoms with Crippen LogP contribution in [0.1, 0.15) is 19.3 Å². The number of nitrogens with zero attached hydrogens (tertiary/aromatic N) is 3. The molecule has 1 aromatic carbocycles. The lowest BCUT2D eigenvalue weighted by Gasteiger charge is -2.34. The van der Waals surface area contributed by atoms with Gasteiger partial charge in [0.15, 0.2) is 5.96 Å². The number of carbonyl (C=O) groups excluding carboxylic acids is 1. The van der Waals surface area contributed by atoms with Crippen molar-refractivity contribution in [1.29, 1.82) is 0 Å². The fraction of sp³-hybridized carbons (Fsp3) is 0.556. The Kier molecular flexibility index (Phi) is 6.90. The Hall–Kier alpha value is -2.24. The molecule has 1 aromatic rings. The fourth-order valence-electron chi connectivity index (χ4n) is 2.71. The number of likely N-dealkylation sites (tertiary alicyclic amines) is 1. The molecule has 1 aliphatic rings. The van der Waals surface area contributed by atoms with Crippen molar-refractivity contribution in [3.63, 3.8) is 0 Å². The molecule has 1 aliphatic heterocycles.